The zero-order valence-corrected chi connectivity index (χ0v) is 19.0. The first-order valence-electron chi connectivity index (χ1n) is 10.8. The molecule has 2 heterocycles. The molecule has 7 heteroatoms. The number of rotatable bonds is 10. The van der Waals surface area contributed by atoms with E-state index >= 15 is 0 Å². The van der Waals surface area contributed by atoms with Crippen LogP contribution in [0.4, 0.5) is 0 Å². The van der Waals surface area contributed by atoms with Gasteiger partial charge in [-0.1, -0.05) is 66.7 Å². The summed E-state index contributed by atoms with van der Waals surface area (Å²) in [6.45, 7) is 4.90. The zero-order chi connectivity index (χ0) is 22.2. The minimum atomic E-state index is -0.609. The molecular weight excluding hydrogens is 428 g/mol. The summed E-state index contributed by atoms with van der Waals surface area (Å²) in [5.41, 5.74) is 2.04. The third kappa shape index (κ3) is 5.80. The summed E-state index contributed by atoms with van der Waals surface area (Å²) in [5.74, 6) is 0.489. The van der Waals surface area contributed by atoms with Crippen molar-refractivity contribution in [3.63, 3.8) is 0 Å². The van der Waals surface area contributed by atoms with Gasteiger partial charge in [0.25, 0.3) is 0 Å². The molecule has 0 aliphatic carbocycles. The Morgan fingerprint density at radius 1 is 0.969 bits per heavy atom. The van der Waals surface area contributed by atoms with Gasteiger partial charge in [-0.15, -0.1) is 18.3 Å². The van der Waals surface area contributed by atoms with Crippen molar-refractivity contribution in [3.8, 4) is 0 Å². The fourth-order valence-electron chi connectivity index (χ4n) is 3.90. The van der Waals surface area contributed by atoms with Crippen LogP contribution in [-0.4, -0.2) is 56.1 Å². The van der Waals surface area contributed by atoms with Crippen molar-refractivity contribution < 1.29 is 28.4 Å². The Bertz CT molecular complexity index is 820. The highest BCUT2D eigenvalue weighted by Gasteiger charge is 2.51. The summed E-state index contributed by atoms with van der Waals surface area (Å²) in [7, 11) is 0. The van der Waals surface area contributed by atoms with E-state index in [0.29, 0.717) is 25.8 Å². The molecule has 0 saturated carbocycles. The lowest BCUT2D eigenvalue weighted by Gasteiger charge is -2.48. The maximum absolute atomic E-state index is 6.44. The molecular formula is C25H30O6S. The first-order valence-corrected chi connectivity index (χ1v) is 12.2. The molecule has 2 aliphatic rings. The molecule has 6 nitrogen and oxygen atoms in total. The topological polar surface area (TPSA) is 55.4 Å². The van der Waals surface area contributed by atoms with Gasteiger partial charge >= 0.3 is 0 Å². The van der Waals surface area contributed by atoms with E-state index in [4.69, 9.17) is 28.4 Å². The van der Waals surface area contributed by atoms with Gasteiger partial charge in [0.2, 0.25) is 0 Å². The van der Waals surface area contributed by atoms with Crippen LogP contribution >= 0.6 is 11.8 Å². The van der Waals surface area contributed by atoms with E-state index in [-0.39, 0.29) is 12.2 Å². The first kappa shape index (κ1) is 23.4. The van der Waals surface area contributed by atoms with E-state index in [0.717, 1.165) is 11.1 Å². The van der Waals surface area contributed by atoms with Crippen molar-refractivity contribution in [2.24, 2.45) is 0 Å². The Balaban J connectivity index is 1.57. The summed E-state index contributed by atoms with van der Waals surface area (Å²) in [6.07, 6.45) is 1.03. The third-order valence-electron chi connectivity index (χ3n) is 5.40. The van der Waals surface area contributed by atoms with Crippen LogP contribution in [0.25, 0.3) is 0 Å². The van der Waals surface area contributed by atoms with Gasteiger partial charge in [0.15, 0.2) is 12.6 Å². The van der Waals surface area contributed by atoms with Gasteiger partial charge in [0.05, 0.1) is 25.8 Å². The van der Waals surface area contributed by atoms with Crippen molar-refractivity contribution in [3.05, 3.63) is 84.4 Å². The van der Waals surface area contributed by atoms with Gasteiger partial charge in [-0.25, -0.2) is 0 Å². The SMILES string of the molecule is C=CCO[C@H]1O[C@@H]2CO[C@H](c3ccccc3)O[C@@H]2[C@H](OCc2ccccc2)[C@H]1OCSC. The van der Waals surface area contributed by atoms with E-state index in [9.17, 15) is 0 Å². The van der Waals surface area contributed by atoms with Crippen LogP contribution in [0.2, 0.25) is 0 Å². The van der Waals surface area contributed by atoms with Gasteiger partial charge in [-0.2, -0.15) is 0 Å². The standard InChI is InChI=1S/C25H30O6S/c1-3-14-26-25-23(29-17-32-2)22(27-15-18-10-6-4-7-11-18)21-20(30-25)16-28-24(31-21)19-12-8-5-9-13-19/h3-13,20-25H,1,14-17H2,2H3/t20-,21+,22+,23-,24+,25+/m1/s1. The van der Waals surface area contributed by atoms with Crippen LogP contribution in [0, 0.1) is 0 Å². The summed E-state index contributed by atoms with van der Waals surface area (Å²) in [6, 6.07) is 20.0. The number of hydrogen-bond donors (Lipinski definition) is 0. The molecule has 32 heavy (non-hydrogen) atoms. The average Bonchev–Trinajstić information content (AvgIpc) is 2.85. The van der Waals surface area contributed by atoms with Crippen molar-refractivity contribution >= 4 is 11.8 Å². The maximum Gasteiger partial charge on any atom is 0.187 e. The molecule has 2 aromatic rings. The van der Waals surface area contributed by atoms with E-state index in [1.165, 1.54) is 0 Å². The van der Waals surface area contributed by atoms with Gasteiger partial charge in [-0.3, -0.25) is 0 Å². The number of ether oxygens (including phenoxy) is 6. The van der Waals surface area contributed by atoms with Crippen molar-refractivity contribution in [1.82, 2.24) is 0 Å². The van der Waals surface area contributed by atoms with E-state index in [2.05, 4.69) is 6.58 Å². The Morgan fingerprint density at radius 2 is 1.72 bits per heavy atom. The van der Waals surface area contributed by atoms with Gasteiger partial charge in [0, 0.05) is 5.56 Å². The molecule has 6 atom stereocenters. The predicted octanol–water partition coefficient (Wildman–Crippen LogP) is 4.32. The molecule has 4 rings (SSSR count). The lowest BCUT2D eigenvalue weighted by molar-refractivity contribution is -0.368. The van der Waals surface area contributed by atoms with Gasteiger partial charge in [0.1, 0.15) is 24.4 Å². The molecule has 0 amide bonds. The summed E-state index contributed by atoms with van der Waals surface area (Å²) in [5, 5.41) is 0. The summed E-state index contributed by atoms with van der Waals surface area (Å²) >= 11 is 1.59. The molecule has 0 unspecified atom stereocenters. The number of hydrogen-bond acceptors (Lipinski definition) is 7. The maximum atomic E-state index is 6.44. The Morgan fingerprint density at radius 3 is 2.44 bits per heavy atom. The molecule has 2 aliphatic heterocycles. The number of fused-ring (bicyclic) bond motifs is 1. The second kappa shape index (κ2) is 12.0. The first-order chi connectivity index (χ1) is 15.8. The van der Waals surface area contributed by atoms with Crippen LogP contribution in [0.15, 0.2) is 73.3 Å². The monoisotopic (exact) mass is 458 g/mol. The summed E-state index contributed by atoms with van der Waals surface area (Å²) in [4.78, 5) is 0. The molecule has 0 spiro atoms. The van der Waals surface area contributed by atoms with Gasteiger partial charge < -0.3 is 28.4 Å². The van der Waals surface area contributed by atoms with E-state index in [1.807, 2.05) is 66.9 Å². The highest BCUT2D eigenvalue weighted by atomic mass is 32.2. The van der Waals surface area contributed by atoms with Crippen LogP contribution in [0.3, 0.4) is 0 Å². The second-order valence-corrected chi connectivity index (χ2v) is 8.45. The molecule has 2 saturated heterocycles. The fraction of sp³-hybridized carbons (Fsp3) is 0.440. The molecule has 0 aromatic heterocycles. The average molecular weight is 459 g/mol. The number of thioether (sulfide) groups is 1. The van der Waals surface area contributed by atoms with Crippen molar-refractivity contribution in [2.75, 3.05) is 25.4 Å². The normalized spacial score (nSPS) is 29.9. The van der Waals surface area contributed by atoms with E-state index < -0.39 is 24.8 Å². The molecule has 0 bridgehead atoms. The third-order valence-corrected chi connectivity index (χ3v) is 5.77. The Labute approximate surface area is 193 Å². The smallest absolute Gasteiger partial charge is 0.187 e. The van der Waals surface area contributed by atoms with Crippen LogP contribution in [-0.2, 0) is 35.0 Å². The molecule has 2 fully saturated rings. The van der Waals surface area contributed by atoms with Crippen molar-refractivity contribution in [2.45, 2.75) is 43.6 Å². The number of benzene rings is 2. The van der Waals surface area contributed by atoms with Crippen LogP contribution in [0.1, 0.15) is 17.4 Å². The van der Waals surface area contributed by atoms with Crippen LogP contribution in [0.5, 0.6) is 0 Å². The van der Waals surface area contributed by atoms with E-state index in [1.54, 1.807) is 17.8 Å². The minimum Gasteiger partial charge on any atom is -0.368 e. The van der Waals surface area contributed by atoms with Gasteiger partial charge in [-0.05, 0) is 11.8 Å². The predicted molar refractivity (Wildman–Crippen MR) is 123 cm³/mol. The highest BCUT2D eigenvalue weighted by molar-refractivity contribution is 7.98. The molecule has 2 aromatic carbocycles. The minimum absolute atomic E-state index is 0.334. The molecule has 0 radical (unpaired) electrons. The Hall–Kier alpha value is -1.71. The zero-order valence-electron chi connectivity index (χ0n) is 18.2. The lowest BCUT2D eigenvalue weighted by atomic mass is 9.97. The highest BCUT2D eigenvalue weighted by Crippen LogP contribution is 2.37. The molecule has 0 N–H and O–H groups in total. The fourth-order valence-corrected chi connectivity index (χ4v) is 4.20. The Kier molecular flexibility index (Phi) is 8.76. The summed E-state index contributed by atoms with van der Waals surface area (Å²) < 4.78 is 37.2. The second-order valence-electron chi connectivity index (χ2n) is 7.64. The van der Waals surface area contributed by atoms with Crippen molar-refractivity contribution in [1.29, 1.82) is 0 Å². The molecule has 172 valence electrons. The van der Waals surface area contributed by atoms with Crippen LogP contribution < -0.4 is 0 Å². The quantitative estimate of drug-likeness (QED) is 0.388. The lowest BCUT2D eigenvalue weighted by Crippen LogP contribution is -2.63. The largest absolute Gasteiger partial charge is 0.368 e.